The lowest BCUT2D eigenvalue weighted by molar-refractivity contribution is -0.131. The molecule has 0 aliphatic carbocycles. The van der Waals surface area contributed by atoms with Gasteiger partial charge in [0.15, 0.2) is 0 Å². The summed E-state index contributed by atoms with van der Waals surface area (Å²) >= 11 is 0. The fraction of sp³-hybridized carbons (Fsp3) is 0.385. The second-order valence-electron chi connectivity index (χ2n) is 8.26. The number of methoxy groups -OCH3 is 3. The molecule has 1 fully saturated rings. The minimum absolute atomic E-state index is 0.0971. The van der Waals surface area contributed by atoms with Gasteiger partial charge in [-0.1, -0.05) is 0 Å². The van der Waals surface area contributed by atoms with Crippen LogP contribution in [0.5, 0.6) is 17.2 Å². The van der Waals surface area contributed by atoms with E-state index in [2.05, 4.69) is 13.0 Å². The normalized spacial score (nSPS) is 16.1. The number of fused-ring (bicyclic) bond motifs is 1. The van der Waals surface area contributed by atoms with Crippen molar-refractivity contribution in [3.05, 3.63) is 59.4 Å². The highest BCUT2D eigenvalue weighted by Crippen LogP contribution is 2.32. The Labute approximate surface area is 189 Å². The van der Waals surface area contributed by atoms with Crippen LogP contribution in [0.3, 0.4) is 0 Å². The van der Waals surface area contributed by atoms with Gasteiger partial charge in [-0.3, -0.25) is 9.78 Å². The minimum atomic E-state index is 0.0971. The Bertz CT molecular complexity index is 1130. The number of ether oxygens (including phenoxy) is 3. The average molecular weight is 435 g/mol. The molecule has 168 valence electrons. The van der Waals surface area contributed by atoms with Crippen LogP contribution >= 0.6 is 0 Å². The van der Waals surface area contributed by atoms with Crippen molar-refractivity contribution in [3.8, 4) is 17.2 Å². The third-order valence-corrected chi connectivity index (χ3v) is 6.39. The maximum Gasteiger partial charge on any atom is 0.227 e. The van der Waals surface area contributed by atoms with Gasteiger partial charge in [-0.15, -0.1) is 0 Å². The number of carbonyl (C=O) groups is 1. The molecule has 4 rings (SSSR count). The van der Waals surface area contributed by atoms with Crippen molar-refractivity contribution in [3.63, 3.8) is 0 Å². The summed E-state index contributed by atoms with van der Waals surface area (Å²) in [6.45, 7) is 3.51. The molecule has 1 saturated heterocycles. The second-order valence-corrected chi connectivity index (χ2v) is 8.26. The lowest BCUT2D eigenvalue weighted by Crippen LogP contribution is -2.40. The average Bonchev–Trinajstić information content (AvgIpc) is 2.84. The van der Waals surface area contributed by atoms with Crippen LogP contribution in [-0.4, -0.2) is 50.2 Å². The van der Waals surface area contributed by atoms with E-state index in [0.29, 0.717) is 12.3 Å². The Hall–Kier alpha value is -3.28. The highest BCUT2D eigenvalue weighted by Gasteiger charge is 2.26. The van der Waals surface area contributed by atoms with Gasteiger partial charge in [0.1, 0.15) is 17.2 Å². The van der Waals surface area contributed by atoms with Crippen LogP contribution in [0.1, 0.15) is 35.6 Å². The number of pyridine rings is 1. The summed E-state index contributed by atoms with van der Waals surface area (Å²) in [7, 11) is 4.93. The van der Waals surface area contributed by atoms with Crippen molar-refractivity contribution in [2.75, 3.05) is 34.4 Å². The largest absolute Gasteiger partial charge is 0.497 e. The number of benzene rings is 2. The number of carbonyl (C=O) groups excluding carboxylic acids is 1. The number of aromatic nitrogens is 1. The summed E-state index contributed by atoms with van der Waals surface area (Å²) < 4.78 is 16.3. The zero-order valence-electron chi connectivity index (χ0n) is 19.2. The Morgan fingerprint density at radius 1 is 1.06 bits per heavy atom. The fourth-order valence-corrected chi connectivity index (χ4v) is 4.55. The van der Waals surface area contributed by atoms with E-state index in [1.54, 1.807) is 21.3 Å². The molecule has 0 radical (unpaired) electrons. The minimum Gasteiger partial charge on any atom is -0.497 e. The molecule has 1 atom stereocenters. The number of amides is 1. The van der Waals surface area contributed by atoms with Gasteiger partial charge < -0.3 is 19.1 Å². The smallest absolute Gasteiger partial charge is 0.227 e. The van der Waals surface area contributed by atoms with E-state index in [-0.39, 0.29) is 18.2 Å². The molecule has 1 aliphatic heterocycles. The zero-order chi connectivity index (χ0) is 22.7. The van der Waals surface area contributed by atoms with Gasteiger partial charge in [0, 0.05) is 41.8 Å². The molecule has 1 aromatic heterocycles. The van der Waals surface area contributed by atoms with Crippen LogP contribution in [0.25, 0.3) is 10.8 Å². The standard InChI is InChI=1S/C26H30N2O4/c1-17-22-14-23(27-15-18(22)7-9-24(17)31-3)19-6-5-11-28(16-19)26(29)13-20-12-21(30-2)8-10-25(20)32-4/h7-10,12,14-15,19H,5-6,11,13,16H2,1-4H3/t19-/m1/s1. The van der Waals surface area contributed by atoms with Gasteiger partial charge in [-0.25, -0.2) is 0 Å². The third-order valence-electron chi connectivity index (χ3n) is 6.39. The Balaban J connectivity index is 1.53. The van der Waals surface area contributed by atoms with Crippen LogP contribution < -0.4 is 14.2 Å². The van der Waals surface area contributed by atoms with Gasteiger partial charge in [-0.05, 0) is 67.1 Å². The SMILES string of the molecule is COc1ccc(OC)c(CC(=O)N2CCC[C@@H](c3cc4c(C)c(OC)ccc4cn3)C2)c1. The molecule has 0 saturated carbocycles. The highest BCUT2D eigenvalue weighted by atomic mass is 16.5. The first-order valence-corrected chi connectivity index (χ1v) is 11.0. The maximum atomic E-state index is 13.2. The van der Waals surface area contributed by atoms with Gasteiger partial charge in [0.2, 0.25) is 5.91 Å². The monoisotopic (exact) mass is 434 g/mol. The fourth-order valence-electron chi connectivity index (χ4n) is 4.55. The number of hydrogen-bond donors (Lipinski definition) is 0. The van der Waals surface area contributed by atoms with Crippen molar-refractivity contribution < 1.29 is 19.0 Å². The topological polar surface area (TPSA) is 60.9 Å². The van der Waals surface area contributed by atoms with Crippen LogP contribution in [0.2, 0.25) is 0 Å². The lowest BCUT2D eigenvalue weighted by atomic mass is 9.92. The second kappa shape index (κ2) is 9.47. The molecule has 0 unspecified atom stereocenters. The summed E-state index contributed by atoms with van der Waals surface area (Å²) in [5.74, 6) is 2.61. The molecule has 0 bridgehead atoms. The van der Waals surface area contributed by atoms with Crippen molar-refractivity contribution in [1.29, 1.82) is 0 Å². The molecule has 2 heterocycles. The van der Waals surface area contributed by atoms with Crippen LogP contribution in [0, 0.1) is 6.92 Å². The highest BCUT2D eigenvalue weighted by molar-refractivity contribution is 5.87. The number of piperidine rings is 1. The van der Waals surface area contributed by atoms with E-state index in [9.17, 15) is 4.79 Å². The molecule has 6 nitrogen and oxygen atoms in total. The van der Waals surface area contributed by atoms with Crippen molar-refractivity contribution in [1.82, 2.24) is 9.88 Å². The number of aryl methyl sites for hydroxylation is 1. The molecule has 1 aliphatic rings. The van der Waals surface area contributed by atoms with E-state index in [4.69, 9.17) is 19.2 Å². The number of rotatable bonds is 6. The molecule has 6 heteroatoms. The quantitative estimate of drug-likeness (QED) is 0.571. The van der Waals surface area contributed by atoms with E-state index >= 15 is 0 Å². The predicted molar refractivity (Wildman–Crippen MR) is 125 cm³/mol. The summed E-state index contributed by atoms with van der Waals surface area (Å²) in [6.07, 6.45) is 4.20. The molecular formula is C26H30N2O4. The van der Waals surface area contributed by atoms with Crippen molar-refractivity contribution in [2.45, 2.75) is 32.1 Å². The van der Waals surface area contributed by atoms with Crippen LogP contribution in [-0.2, 0) is 11.2 Å². The lowest BCUT2D eigenvalue weighted by Gasteiger charge is -2.33. The summed E-state index contributed by atoms with van der Waals surface area (Å²) in [5.41, 5.74) is 2.98. The van der Waals surface area contributed by atoms with Crippen molar-refractivity contribution >= 4 is 16.7 Å². The summed E-state index contributed by atoms with van der Waals surface area (Å²) in [4.78, 5) is 19.9. The number of nitrogens with zero attached hydrogens (tertiary/aromatic N) is 2. The van der Waals surface area contributed by atoms with Gasteiger partial charge in [0.25, 0.3) is 0 Å². The first kappa shape index (κ1) is 21.9. The molecule has 2 aromatic carbocycles. The number of likely N-dealkylation sites (tertiary alicyclic amines) is 1. The Morgan fingerprint density at radius 2 is 1.84 bits per heavy atom. The summed E-state index contributed by atoms with van der Waals surface area (Å²) in [6, 6.07) is 11.7. The Morgan fingerprint density at radius 3 is 2.59 bits per heavy atom. The maximum absolute atomic E-state index is 13.2. The van der Waals surface area contributed by atoms with Crippen LogP contribution in [0.4, 0.5) is 0 Å². The molecule has 0 spiro atoms. The zero-order valence-corrected chi connectivity index (χ0v) is 19.2. The molecular weight excluding hydrogens is 404 g/mol. The molecule has 32 heavy (non-hydrogen) atoms. The number of hydrogen-bond acceptors (Lipinski definition) is 5. The summed E-state index contributed by atoms with van der Waals surface area (Å²) in [5, 5.41) is 2.25. The van der Waals surface area contributed by atoms with Crippen LogP contribution in [0.15, 0.2) is 42.6 Å². The van der Waals surface area contributed by atoms with Gasteiger partial charge in [-0.2, -0.15) is 0 Å². The van der Waals surface area contributed by atoms with E-state index < -0.39 is 0 Å². The van der Waals surface area contributed by atoms with Crippen molar-refractivity contribution in [2.24, 2.45) is 0 Å². The van der Waals surface area contributed by atoms with E-state index in [1.165, 1.54) is 0 Å². The molecule has 1 amide bonds. The predicted octanol–water partition coefficient (Wildman–Crippen LogP) is 4.52. The molecule has 3 aromatic rings. The van der Waals surface area contributed by atoms with E-state index in [0.717, 1.165) is 58.5 Å². The van der Waals surface area contributed by atoms with Gasteiger partial charge >= 0.3 is 0 Å². The molecule has 0 N–H and O–H groups in total. The Kier molecular flexibility index (Phi) is 6.49. The van der Waals surface area contributed by atoms with E-state index in [1.807, 2.05) is 41.4 Å². The first-order valence-electron chi connectivity index (χ1n) is 11.0. The third kappa shape index (κ3) is 4.35. The first-order chi connectivity index (χ1) is 15.5. The van der Waals surface area contributed by atoms with Gasteiger partial charge in [0.05, 0.1) is 27.8 Å².